The fraction of sp³-hybridized carbons (Fsp3) is 0.833. The zero-order valence-corrected chi connectivity index (χ0v) is 9.85. The SMILES string of the molecule is C=C1[C@H](CCCBr)[C@H]2CCCC[C@@H]12. The van der Waals surface area contributed by atoms with Crippen LogP contribution in [-0.4, -0.2) is 5.33 Å². The van der Waals surface area contributed by atoms with Crippen molar-refractivity contribution in [3.05, 3.63) is 12.2 Å². The second kappa shape index (κ2) is 4.16. The number of allylic oxidation sites excluding steroid dienone is 1. The molecule has 2 rings (SSSR count). The van der Waals surface area contributed by atoms with E-state index in [0.717, 1.165) is 23.1 Å². The van der Waals surface area contributed by atoms with Crippen molar-refractivity contribution in [2.24, 2.45) is 17.8 Å². The Morgan fingerprint density at radius 1 is 1.31 bits per heavy atom. The highest BCUT2D eigenvalue weighted by Gasteiger charge is 2.44. The molecule has 0 heterocycles. The van der Waals surface area contributed by atoms with Crippen molar-refractivity contribution < 1.29 is 0 Å². The largest absolute Gasteiger partial charge is 0.0993 e. The minimum atomic E-state index is 0.892. The van der Waals surface area contributed by atoms with Crippen molar-refractivity contribution in [3.63, 3.8) is 0 Å². The van der Waals surface area contributed by atoms with E-state index in [2.05, 4.69) is 22.5 Å². The van der Waals surface area contributed by atoms with Gasteiger partial charge in [-0.2, -0.15) is 0 Å². The van der Waals surface area contributed by atoms with Gasteiger partial charge in [0.1, 0.15) is 0 Å². The minimum Gasteiger partial charge on any atom is -0.0993 e. The van der Waals surface area contributed by atoms with E-state index in [1.54, 1.807) is 5.57 Å². The van der Waals surface area contributed by atoms with Crippen molar-refractivity contribution in [2.45, 2.75) is 38.5 Å². The molecule has 2 aliphatic carbocycles. The summed E-state index contributed by atoms with van der Waals surface area (Å²) in [6.07, 6.45) is 8.55. The van der Waals surface area contributed by atoms with E-state index in [9.17, 15) is 0 Å². The summed E-state index contributed by atoms with van der Waals surface area (Å²) in [5, 5.41) is 1.16. The molecule has 0 radical (unpaired) electrons. The van der Waals surface area contributed by atoms with Crippen LogP contribution in [0.15, 0.2) is 12.2 Å². The smallest absolute Gasteiger partial charge is 0.00315 e. The lowest BCUT2D eigenvalue weighted by Crippen LogP contribution is -2.41. The molecular weight excluding hydrogens is 224 g/mol. The molecule has 74 valence electrons. The Hall–Kier alpha value is 0.220. The Labute approximate surface area is 89.9 Å². The number of halogens is 1. The van der Waals surface area contributed by atoms with E-state index in [0.29, 0.717) is 0 Å². The molecule has 0 aromatic rings. The molecule has 2 fully saturated rings. The summed E-state index contributed by atoms with van der Waals surface area (Å²) in [5.41, 5.74) is 1.59. The fourth-order valence-corrected chi connectivity index (χ4v) is 3.55. The average Bonchev–Trinajstić information content (AvgIpc) is 2.18. The van der Waals surface area contributed by atoms with Gasteiger partial charge in [-0.05, 0) is 43.4 Å². The first-order valence-electron chi connectivity index (χ1n) is 5.59. The van der Waals surface area contributed by atoms with Crippen molar-refractivity contribution in [3.8, 4) is 0 Å². The van der Waals surface area contributed by atoms with Crippen LogP contribution in [0.1, 0.15) is 38.5 Å². The molecule has 0 amide bonds. The van der Waals surface area contributed by atoms with Crippen LogP contribution in [0.3, 0.4) is 0 Å². The van der Waals surface area contributed by atoms with E-state index < -0.39 is 0 Å². The number of hydrogen-bond acceptors (Lipinski definition) is 0. The average molecular weight is 243 g/mol. The van der Waals surface area contributed by atoms with Gasteiger partial charge in [0.15, 0.2) is 0 Å². The summed E-state index contributed by atoms with van der Waals surface area (Å²) in [4.78, 5) is 0. The molecule has 1 heteroatoms. The van der Waals surface area contributed by atoms with Gasteiger partial charge >= 0.3 is 0 Å². The van der Waals surface area contributed by atoms with Crippen LogP contribution in [0, 0.1) is 17.8 Å². The zero-order chi connectivity index (χ0) is 9.26. The highest BCUT2D eigenvalue weighted by Crippen LogP contribution is 2.54. The predicted molar refractivity (Wildman–Crippen MR) is 61.1 cm³/mol. The van der Waals surface area contributed by atoms with Crippen molar-refractivity contribution >= 4 is 15.9 Å². The standard InChI is InChI=1S/C12H19Br/c1-9-10-5-2-3-6-12(10)11(9)7-4-8-13/h10-12H,1-8H2/t10-,11-,12-/m0/s1. The molecule has 0 spiro atoms. The van der Waals surface area contributed by atoms with E-state index in [4.69, 9.17) is 0 Å². The van der Waals surface area contributed by atoms with Gasteiger partial charge < -0.3 is 0 Å². The van der Waals surface area contributed by atoms with Crippen molar-refractivity contribution in [1.29, 1.82) is 0 Å². The summed E-state index contributed by atoms with van der Waals surface area (Å²) >= 11 is 3.51. The lowest BCUT2D eigenvalue weighted by atomic mass is 9.55. The zero-order valence-electron chi connectivity index (χ0n) is 8.27. The molecule has 0 aliphatic heterocycles. The molecule has 3 atom stereocenters. The molecule has 0 bridgehead atoms. The fourth-order valence-electron chi connectivity index (χ4n) is 3.23. The Kier molecular flexibility index (Phi) is 3.13. The molecule has 0 N–H and O–H groups in total. The summed E-state index contributed by atoms with van der Waals surface area (Å²) in [7, 11) is 0. The van der Waals surface area contributed by atoms with Gasteiger partial charge in [0.25, 0.3) is 0 Å². The van der Waals surface area contributed by atoms with Gasteiger partial charge in [-0.1, -0.05) is 40.9 Å². The Morgan fingerprint density at radius 3 is 2.85 bits per heavy atom. The van der Waals surface area contributed by atoms with Crippen LogP contribution in [0.2, 0.25) is 0 Å². The lowest BCUT2D eigenvalue weighted by Gasteiger charge is -2.50. The van der Waals surface area contributed by atoms with E-state index in [1.807, 2.05) is 0 Å². The highest BCUT2D eigenvalue weighted by molar-refractivity contribution is 9.09. The number of rotatable bonds is 3. The normalized spacial score (nSPS) is 38.2. The van der Waals surface area contributed by atoms with Crippen molar-refractivity contribution in [1.82, 2.24) is 0 Å². The van der Waals surface area contributed by atoms with Crippen LogP contribution < -0.4 is 0 Å². The maximum Gasteiger partial charge on any atom is 0.00315 e. The molecule has 2 saturated carbocycles. The maximum absolute atomic E-state index is 4.26. The quantitative estimate of drug-likeness (QED) is 0.516. The Morgan fingerprint density at radius 2 is 2.08 bits per heavy atom. The monoisotopic (exact) mass is 242 g/mol. The van der Waals surface area contributed by atoms with E-state index >= 15 is 0 Å². The maximum atomic E-state index is 4.26. The van der Waals surface area contributed by atoms with Gasteiger partial charge in [0.2, 0.25) is 0 Å². The lowest BCUT2D eigenvalue weighted by molar-refractivity contribution is 0.107. The molecule has 0 unspecified atom stereocenters. The number of hydrogen-bond donors (Lipinski definition) is 0. The van der Waals surface area contributed by atoms with Gasteiger partial charge in [0, 0.05) is 5.33 Å². The third-order valence-corrected chi connectivity index (χ3v) is 4.50. The second-order valence-corrected chi connectivity index (χ2v) is 5.36. The van der Waals surface area contributed by atoms with Crippen LogP contribution in [-0.2, 0) is 0 Å². The summed E-state index contributed by atoms with van der Waals surface area (Å²) in [6.45, 7) is 4.26. The first-order chi connectivity index (χ1) is 6.34. The summed E-state index contributed by atoms with van der Waals surface area (Å²) < 4.78 is 0. The summed E-state index contributed by atoms with van der Waals surface area (Å²) in [5.74, 6) is 2.84. The predicted octanol–water partition coefficient (Wildman–Crippen LogP) is 4.15. The molecule has 0 aromatic carbocycles. The van der Waals surface area contributed by atoms with Crippen molar-refractivity contribution in [2.75, 3.05) is 5.33 Å². The minimum absolute atomic E-state index is 0.892. The first kappa shape index (κ1) is 9.76. The third kappa shape index (κ3) is 1.72. The number of fused-ring (bicyclic) bond motifs is 1. The van der Waals surface area contributed by atoms with E-state index in [-0.39, 0.29) is 0 Å². The van der Waals surface area contributed by atoms with Crippen LogP contribution in [0.5, 0.6) is 0 Å². The molecular formula is C12H19Br. The summed E-state index contributed by atoms with van der Waals surface area (Å²) in [6, 6.07) is 0. The van der Waals surface area contributed by atoms with Crippen LogP contribution in [0.4, 0.5) is 0 Å². The molecule has 0 nitrogen and oxygen atoms in total. The van der Waals surface area contributed by atoms with Gasteiger partial charge in [-0.25, -0.2) is 0 Å². The van der Waals surface area contributed by atoms with E-state index in [1.165, 1.54) is 38.5 Å². The topological polar surface area (TPSA) is 0 Å². The Balaban J connectivity index is 1.87. The molecule has 2 aliphatic rings. The second-order valence-electron chi connectivity index (χ2n) is 4.57. The number of alkyl halides is 1. The molecule has 13 heavy (non-hydrogen) atoms. The van der Waals surface area contributed by atoms with Gasteiger partial charge in [-0.15, -0.1) is 0 Å². The highest BCUT2D eigenvalue weighted by atomic mass is 79.9. The molecule has 0 saturated heterocycles. The third-order valence-electron chi connectivity index (χ3n) is 3.94. The molecule has 0 aromatic heterocycles. The first-order valence-corrected chi connectivity index (χ1v) is 6.71. The van der Waals surface area contributed by atoms with Gasteiger partial charge in [0.05, 0.1) is 0 Å². The van der Waals surface area contributed by atoms with Crippen LogP contribution >= 0.6 is 15.9 Å². The Bertz CT molecular complexity index is 197. The van der Waals surface area contributed by atoms with Crippen LogP contribution in [0.25, 0.3) is 0 Å². The van der Waals surface area contributed by atoms with Gasteiger partial charge in [-0.3, -0.25) is 0 Å².